The van der Waals surface area contributed by atoms with E-state index in [1.54, 1.807) is 18.4 Å². The zero-order valence-electron chi connectivity index (χ0n) is 25.8. The number of aliphatic hydroxyl groups is 1. The number of aryl methyl sites for hydroxylation is 1. The van der Waals surface area contributed by atoms with Gasteiger partial charge in [-0.15, -0.1) is 0 Å². The second kappa shape index (κ2) is 13.8. The van der Waals surface area contributed by atoms with E-state index in [9.17, 15) is 9.90 Å². The van der Waals surface area contributed by atoms with E-state index in [2.05, 4.69) is 59.2 Å². The molecule has 2 aliphatic carbocycles. The predicted molar refractivity (Wildman–Crippen MR) is 176 cm³/mol. The van der Waals surface area contributed by atoms with Crippen LogP contribution in [0, 0.1) is 18.8 Å². The van der Waals surface area contributed by atoms with Crippen LogP contribution in [0.15, 0.2) is 48.7 Å². The fourth-order valence-electron chi connectivity index (χ4n) is 7.41. The number of hydrogen-bond acceptors (Lipinski definition) is 6. The molecule has 2 heterocycles. The second-order valence-corrected chi connectivity index (χ2v) is 14.0. The lowest BCUT2D eigenvalue weighted by atomic mass is 9.78. The molecule has 43 heavy (non-hydrogen) atoms. The van der Waals surface area contributed by atoms with Crippen LogP contribution in [0.1, 0.15) is 87.7 Å². The summed E-state index contributed by atoms with van der Waals surface area (Å²) < 4.78 is 5.48. The lowest BCUT2D eigenvalue weighted by Gasteiger charge is -2.36. The molecule has 1 saturated heterocycles. The van der Waals surface area contributed by atoms with Crippen molar-refractivity contribution < 1.29 is 14.6 Å². The van der Waals surface area contributed by atoms with E-state index >= 15 is 0 Å². The summed E-state index contributed by atoms with van der Waals surface area (Å²) in [6.45, 7) is 5.06. The number of piperidine rings is 1. The third kappa shape index (κ3) is 7.09. The van der Waals surface area contributed by atoms with Crippen LogP contribution in [0.2, 0.25) is 0 Å². The number of hydrogen-bond donors (Lipinski definition) is 1. The van der Waals surface area contributed by atoms with Crippen LogP contribution in [0.25, 0.3) is 10.4 Å². The summed E-state index contributed by atoms with van der Waals surface area (Å²) in [5.74, 6) is 2.21. The van der Waals surface area contributed by atoms with E-state index in [0.29, 0.717) is 11.8 Å². The fraction of sp³-hybridized carbons (Fsp3) is 0.556. The minimum atomic E-state index is -0.266. The highest BCUT2D eigenvalue weighted by molar-refractivity contribution is 7.18. The van der Waals surface area contributed by atoms with Crippen LogP contribution >= 0.6 is 11.3 Å². The molecule has 1 aliphatic heterocycles. The average Bonchev–Trinajstić information content (AvgIpc) is 3.55. The van der Waals surface area contributed by atoms with Crippen LogP contribution in [-0.2, 0) is 4.79 Å². The normalized spacial score (nSPS) is 24.5. The predicted octanol–water partition coefficient (Wildman–Crippen LogP) is 7.98. The summed E-state index contributed by atoms with van der Waals surface area (Å²) >= 11 is 1.76. The SMILES string of the molecule is COc1ccc(C2CCC(CN(C(=O)C3CCC(O)CC3)c3cccc(-c4cnc(N5CCCCC5)s4)c3)CC2)cc1C. The van der Waals surface area contributed by atoms with Gasteiger partial charge in [-0.25, -0.2) is 4.98 Å². The van der Waals surface area contributed by atoms with Crippen molar-refractivity contribution in [2.24, 2.45) is 11.8 Å². The summed E-state index contributed by atoms with van der Waals surface area (Å²) in [6, 6.07) is 15.2. The number of amides is 1. The van der Waals surface area contributed by atoms with Gasteiger partial charge in [0, 0.05) is 37.4 Å². The molecule has 1 N–H and O–H groups in total. The molecule has 2 saturated carbocycles. The Labute approximate surface area is 261 Å². The van der Waals surface area contributed by atoms with E-state index in [4.69, 9.17) is 9.72 Å². The molecule has 0 atom stereocenters. The van der Waals surface area contributed by atoms with Gasteiger partial charge in [0.25, 0.3) is 0 Å². The van der Waals surface area contributed by atoms with Crippen LogP contribution < -0.4 is 14.5 Å². The van der Waals surface area contributed by atoms with Crippen molar-refractivity contribution in [2.45, 2.75) is 89.6 Å². The number of rotatable bonds is 8. The number of anilines is 2. The van der Waals surface area contributed by atoms with Crippen molar-refractivity contribution in [3.8, 4) is 16.2 Å². The van der Waals surface area contributed by atoms with Crippen molar-refractivity contribution in [1.82, 2.24) is 4.98 Å². The van der Waals surface area contributed by atoms with Crippen LogP contribution in [0.5, 0.6) is 5.75 Å². The first-order valence-corrected chi connectivity index (χ1v) is 17.3. The number of aromatic nitrogens is 1. The topological polar surface area (TPSA) is 65.9 Å². The van der Waals surface area contributed by atoms with Crippen LogP contribution in [-0.4, -0.2) is 48.8 Å². The van der Waals surface area contributed by atoms with E-state index in [-0.39, 0.29) is 17.9 Å². The van der Waals surface area contributed by atoms with Gasteiger partial charge < -0.3 is 19.6 Å². The highest BCUT2D eigenvalue weighted by atomic mass is 32.1. The van der Waals surface area contributed by atoms with Gasteiger partial charge in [-0.05, 0) is 124 Å². The Kier molecular flexibility index (Phi) is 9.68. The molecule has 2 aromatic carbocycles. The Balaban J connectivity index is 1.19. The van der Waals surface area contributed by atoms with Crippen molar-refractivity contribution in [3.63, 3.8) is 0 Å². The number of carbonyl (C=O) groups excluding carboxylic acids is 1. The van der Waals surface area contributed by atoms with E-state index in [0.717, 1.165) is 98.0 Å². The molecule has 3 aliphatic rings. The minimum absolute atomic E-state index is 0.0141. The molecule has 0 bridgehead atoms. The van der Waals surface area contributed by atoms with Crippen LogP contribution in [0.3, 0.4) is 0 Å². The number of ether oxygens (including phenoxy) is 1. The lowest BCUT2D eigenvalue weighted by molar-refractivity contribution is -0.124. The van der Waals surface area contributed by atoms with E-state index in [1.807, 2.05) is 6.20 Å². The molecular weight excluding hydrogens is 554 g/mol. The maximum atomic E-state index is 14.1. The monoisotopic (exact) mass is 601 g/mol. The van der Waals surface area contributed by atoms with Crippen molar-refractivity contribution in [3.05, 3.63) is 59.8 Å². The Morgan fingerprint density at radius 3 is 2.49 bits per heavy atom. The summed E-state index contributed by atoms with van der Waals surface area (Å²) in [5.41, 5.74) is 4.73. The quantitative estimate of drug-likeness (QED) is 0.284. The first-order chi connectivity index (χ1) is 21.0. The highest BCUT2D eigenvalue weighted by Crippen LogP contribution is 2.40. The zero-order valence-corrected chi connectivity index (χ0v) is 26.7. The zero-order chi connectivity index (χ0) is 29.8. The number of benzene rings is 2. The molecule has 230 valence electrons. The average molecular weight is 602 g/mol. The summed E-state index contributed by atoms with van der Waals surface area (Å²) in [7, 11) is 1.73. The molecule has 6 nitrogen and oxygen atoms in total. The van der Waals surface area contributed by atoms with E-state index < -0.39 is 0 Å². The van der Waals surface area contributed by atoms with Crippen molar-refractivity contribution >= 4 is 28.1 Å². The molecule has 0 spiro atoms. The highest BCUT2D eigenvalue weighted by Gasteiger charge is 2.32. The molecular formula is C36H47N3O3S. The number of nitrogens with zero attached hydrogens (tertiary/aromatic N) is 3. The Morgan fingerprint density at radius 2 is 1.77 bits per heavy atom. The van der Waals surface area contributed by atoms with Gasteiger partial charge in [0.1, 0.15) is 5.75 Å². The van der Waals surface area contributed by atoms with Gasteiger partial charge in [-0.3, -0.25) is 4.79 Å². The largest absolute Gasteiger partial charge is 0.496 e. The lowest BCUT2D eigenvalue weighted by Crippen LogP contribution is -2.41. The van der Waals surface area contributed by atoms with Gasteiger partial charge >= 0.3 is 0 Å². The molecule has 6 rings (SSSR count). The smallest absolute Gasteiger partial charge is 0.230 e. The van der Waals surface area contributed by atoms with Crippen LogP contribution in [0.4, 0.5) is 10.8 Å². The summed E-state index contributed by atoms with van der Waals surface area (Å²) in [4.78, 5) is 24.6. The standard InChI is InChI=1S/C36H47N3O3S/c1-25-21-29(15-18-33(25)42-2)27-11-9-26(10-12-27)24-39(35(41)28-13-16-32(40)17-14-28)31-8-6-7-30(22-31)34-23-37-36(43-34)38-19-4-3-5-20-38/h6-8,15,18,21-23,26-28,32,40H,3-5,9-14,16-17,19-20,24H2,1-2H3. The van der Waals surface area contributed by atoms with Gasteiger partial charge in [0.15, 0.2) is 5.13 Å². The Bertz CT molecular complexity index is 1370. The number of aliphatic hydroxyl groups excluding tert-OH is 1. The minimum Gasteiger partial charge on any atom is -0.496 e. The Hall–Kier alpha value is -2.90. The molecule has 7 heteroatoms. The summed E-state index contributed by atoms with van der Waals surface area (Å²) in [6.07, 6.45) is 13.0. The third-order valence-corrected chi connectivity index (χ3v) is 11.2. The summed E-state index contributed by atoms with van der Waals surface area (Å²) in [5, 5.41) is 11.2. The number of thiazole rings is 1. The Morgan fingerprint density at radius 1 is 1.00 bits per heavy atom. The maximum absolute atomic E-state index is 14.1. The van der Waals surface area contributed by atoms with Gasteiger partial charge in [0.05, 0.1) is 18.1 Å². The molecule has 1 amide bonds. The maximum Gasteiger partial charge on any atom is 0.230 e. The van der Waals surface area contributed by atoms with Gasteiger partial charge in [0.2, 0.25) is 5.91 Å². The van der Waals surface area contributed by atoms with Gasteiger partial charge in [-0.2, -0.15) is 0 Å². The molecule has 0 radical (unpaired) electrons. The van der Waals surface area contributed by atoms with E-state index in [1.165, 1.54) is 30.4 Å². The second-order valence-electron chi connectivity index (χ2n) is 13.0. The molecule has 0 unspecified atom stereocenters. The molecule has 3 fully saturated rings. The molecule has 1 aromatic heterocycles. The molecule has 3 aromatic rings. The third-order valence-electron chi connectivity index (χ3n) is 10.1. The number of carbonyl (C=O) groups is 1. The van der Waals surface area contributed by atoms with Crippen molar-refractivity contribution in [1.29, 1.82) is 0 Å². The van der Waals surface area contributed by atoms with Gasteiger partial charge in [-0.1, -0.05) is 35.6 Å². The number of methoxy groups -OCH3 is 1. The van der Waals surface area contributed by atoms with Crippen molar-refractivity contribution in [2.75, 3.05) is 36.5 Å². The first-order valence-electron chi connectivity index (χ1n) is 16.4. The fourth-order valence-corrected chi connectivity index (χ4v) is 8.38. The first kappa shape index (κ1) is 30.1.